The Morgan fingerprint density at radius 2 is 1.69 bits per heavy atom. The van der Waals surface area contributed by atoms with Gasteiger partial charge in [-0.15, -0.1) is 0 Å². The van der Waals surface area contributed by atoms with Crippen molar-refractivity contribution in [1.29, 1.82) is 0 Å². The number of urea groups is 1. The number of ether oxygens (including phenoxy) is 2. The van der Waals surface area contributed by atoms with Gasteiger partial charge >= 0.3 is 6.03 Å². The molecular formula is C32H41Cl2N7O4. The molecule has 0 spiro atoms. The van der Waals surface area contributed by atoms with Crippen LogP contribution in [0.3, 0.4) is 0 Å². The van der Waals surface area contributed by atoms with Gasteiger partial charge in [0.15, 0.2) is 0 Å². The maximum absolute atomic E-state index is 13.7. The Hall–Kier alpha value is -3.93. The fourth-order valence-corrected chi connectivity index (χ4v) is 6.18. The standard InChI is InChI=1S/C32H41Cl2N7O4/c1-8-28(42)37-23-16-21(40-14-12-39(9-2)13-15-40)10-11-22(23)36-27(35-4)17-24-20(3)19-41(32(43)38(24)5)31-29(33)25(44-6)18-26(45-7)30(31)34/h8,10-11,16,18H,1,9,12-15,17,19H2,2-7H3,(H,35,36)(H,37,42). The lowest BCUT2D eigenvalue weighted by Gasteiger charge is -2.37. The molecule has 2 N–H and O–H groups in total. The third-order valence-electron chi connectivity index (χ3n) is 8.15. The molecule has 0 radical (unpaired) electrons. The fraction of sp³-hybridized carbons (Fsp3) is 0.406. The molecule has 2 aromatic carbocycles. The molecule has 0 aliphatic carbocycles. The molecule has 1 saturated heterocycles. The van der Waals surface area contributed by atoms with E-state index < -0.39 is 0 Å². The van der Waals surface area contributed by atoms with Gasteiger partial charge in [0.2, 0.25) is 5.91 Å². The molecule has 1 fully saturated rings. The van der Waals surface area contributed by atoms with E-state index in [1.807, 2.05) is 25.1 Å². The Labute approximate surface area is 275 Å². The molecule has 2 heterocycles. The predicted molar refractivity (Wildman–Crippen MR) is 184 cm³/mol. The summed E-state index contributed by atoms with van der Waals surface area (Å²) in [6.07, 6.45) is 1.57. The summed E-state index contributed by atoms with van der Waals surface area (Å²) in [5.41, 5.74) is 4.30. The Bertz CT molecular complexity index is 1490. The number of halogens is 2. The largest absolute Gasteiger partial charge is 0.495 e. The first-order valence-electron chi connectivity index (χ1n) is 14.7. The normalized spacial score (nSPS) is 16.2. The van der Waals surface area contributed by atoms with Gasteiger partial charge in [0.25, 0.3) is 0 Å². The zero-order valence-corrected chi connectivity index (χ0v) is 28.2. The van der Waals surface area contributed by atoms with Crippen molar-refractivity contribution < 1.29 is 19.1 Å². The van der Waals surface area contributed by atoms with E-state index in [-0.39, 0.29) is 28.5 Å². The number of likely N-dealkylation sites (N-methyl/N-ethyl adjacent to an activating group) is 1. The van der Waals surface area contributed by atoms with E-state index in [0.29, 0.717) is 40.8 Å². The molecular weight excluding hydrogens is 617 g/mol. The van der Waals surface area contributed by atoms with Crippen LogP contribution in [0.5, 0.6) is 11.5 Å². The number of aliphatic imine (C=N–C) groups is 1. The minimum Gasteiger partial charge on any atom is -0.495 e. The minimum absolute atomic E-state index is 0.212. The SMILES string of the molecule is C=CC(=O)Nc1cc(N2CCN(CC)CC2)ccc1NC(CC1=C(C)CN(c2c(Cl)c(OC)cc(OC)c2Cl)C(=O)N1C)=NC. The molecule has 2 aliphatic heterocycles. The summed E-state index contributed by atoms with van der Waals surface area (Å²) in [4.78, 5) is 38.4. The molecule has 0 bridgehead atoms. The van der Waals surface area contributed by atoms with Crippen molar-refractivity contribution in [2.45, 2.75) is 20.3 Å². The highest BCUT2D eigenvalue weighted by molar-refractivity contribution is 6.41. The number of nitrogens with one attached hydrogen (secondary N) is 2. The lowest BCUT2D eigenvalue weighted by molar-refractivity contribution is -0.111. The number of rotatable bonds is 10. The van der Waals surface area contributed by atoms with Crippen molar-refractivity contribution in [3.8, 4) is 11.5 Å². The van der Waals surface area contributed by atoms with E-state index in [1.54, 1.807) is 25.1 Å². The van der Waals surface area contributed by atoms with Gasteiger partial charge in [0, 0.05) is 64.1 Å². The number of amides is 3. The van der Waals surface area contributed by atoms with Crippen LogP contribution in [-0.4, -0.2) is 95.2 Å². The van der Waals surface area contributed by atoms with Gasteiger partial charge in [0.1, 0.15) is 27.4 Å². The highest BCUT2D eigenvalue weighted by Crippen LogP contribution is 2.47. The van der Waals surface area contributed by atoms with Crippen LogP contribution >= 0.6 is 23.2 Å². The second-order valence-electron chi connectivity index (χ2n) is 10.7. The first-order valence-corrected chi connectivity index (χ1v) is 15.4. The van der Waals surface area contributed by atoms with E-state index in [9.17, 15) is 9.59 Å². The fourth-order valence-electron chi connectivity index (χ4n) is 5.47. The quantitative estimate of drug-likeness (QED) is 0.185. The maximum atomic E-state index is 13.7. The number of carbonyl (C=O) groups is 2. The molecule has 0 aromatic heterocycles. The predicted octanol–water partition coefficient (Wildman–Crippen LogP) is 5.95. The minimum atomic E-state index is -0.323. The van der Waals surface area contributed by atoms with E-state index in [4.69, 9.17) is 32.7 Å². The van der Waals surface area contributed by atoms with Crippen LogP contribution in [0, 0.1) is 0 Å². The van der Waals surface area contributed by atoms with E-state index in [2.05, 4.69) is 38.9 Å². The highest BCUT2D eigenvalue weighted by Gasteiger charge is 2.34. The Morgan fingerprint density at radius 3 is 2.24 bits per heavy atom. The molecule has 242 valence electrons. The third-order valence-corrected chi connectivity index (χ3v) is 8.88. The van der Waals surface area contributed by atoms with Crippen LogP contribution in [0.2, 0.25) is 10.0 Å². The van der Waals surface area contributed by atoms with Crippen molar-refractivity contribution in [2.75, 3.05) is 88.0 Å². The zero-order chi connectivity index (χ0) is 32.8. The van der Waals surface area contributed by atoms with Gasteiger partial charge in [-0.05, 0) is 43.3 Å². The summed E-state index contributed by atoms with van der Waals surface area (Å²) in [6, 6.07) is 7.20. The van der Waals surface area contributed by atoms with Crippen LogP contribution < -0.4 is 29.9 Å². The molecule has 3 amide bonds. The number of hydrogen-bond acceptors (Lipinski definition) is 7. The number of nitrogens with zero attached hydrogens (tertiary/aromatic N) is 5. The summed E-state index contributed by atoms with van der Waals surface area (Å²) >= 11 is 13.3. The summed E-state index contributed by atoms with van der Waals surface area (Å²) in [5, 5.41) is 6.73. The van der Waals surface area contributed by atoms with Crippen LogP contribution in [0.25, 0.3) is 0 Å². The van der Waals surface area contributed by atoms with Crippen molar-refractivity contribution in [1.82, 2.24) is 9.80 Å². The van der Waals surface area contributed by atoms with E-state index in [1.165, 1.54) is 25.2 Å². The lowest BCUT2D eigenvalue weighted by Crippen LogP contribution is -2.47. The summed E-state index contributed by atoms with van der Waals surface area (Å²) in [5.74, 6) is 0.974. The molecule has 0 unspecified atom stereocenters. The summed E-state index contributed by atoms with van der Waals surface area (Å²) < 4.78 is 10.8. The monoisotopic (exact) mass is 657 g/mol. The number of benzene rings is 2. The summed E-state index contributed by atoms with van der Waals surface area (Å²) in [6.45, 7) is 12.8. The molecule has 4 rings (SSSR count). The maximum Gasteiger partial charge on any atom is 0.328 e. The van der Waals surface area contributed by atoms with Crippen LogP contribution in [-0.2, 0) is 4.79 Å². The van der Waals surface area contributed by atoms with Gasteiger partial charge in [-0.25, -0.2) is 4.79 Å². The van der Waals surface area contributed by atoms with Gasteiger partial charge < -0.3 is 34.8 Å². The van der Waals surface area contributed by atoms with Crippen LogP contribution in [0.15, 0.2) is 53.2 Å². The number of methoxy groups -OCH3 is 2. The number of anilines is 4. The first kappa shape index (κ1) is 34.0. The van der Waals surface area contributed by atoms with E-state index in [0.717, 1.165) is 49.7 Å². The van der Waals surface area contributed by atoms with Crippen molar-refractivity contribution in [3.63, 3.8) is 0 Å². The van der Waals surface area contributed by atoms with Gasteiger partial charge in [-0.1, -0.05) is 36.7 Å². The Balaban J connectivity index is 1.59. The average molecular weight is 659 g/mol. The van der Waals surface area contributed by atoms with Crippen molar-refractivity contribution in [2.24, 2.45) is 4.99 Å². The molecule has 2 aliphatic rings. The second kappa shape index (κ2) is 14.9. The molecule has 0 saturated carbocycles. The lowest BCUT2D eigenvalue weighted by atomic mass is 10.1. The van der Waals surface area contributed by atoms with Crippen LogP contribution in [0.4, 0.5) is 27.5 Å². The number of carbonyl (C=O) groups excluding carboxylic acids is 2. The topological polar surface area (TPSA) is 102 Å². The van der Waals surface area contributed by atoms with Crippen LogP contribution in [0.1, 0.15) is 20.3 Å². The number of piperazine rings is 1. The van der Waals surface area contributed by atoms with E-state index >= 15 is 0 Å². The first-order chi connectivity index (χ1) is 21.6. The highest BCUT2D eigenvalue weighted by atomic mass is 35.5. The van der Waals surface area contributed by atoms with Crippen molar-refractivity contribution in [3.05, 3.63) is 58.2 Å². The molecule has 13 heteroatoms. The van der Waals surface area contributed by atoms with Crippen molar-refractivity contribution >= 4 is 63.7 Å². The molecule has 11 nitrogen and oxygen atoms in total. The smallest absolute Gasteiger partial charge is 0.328 e. The Morgan fingerprint density at radius 1 is 1.04 bits per heavy atom. The van der Waals surface area contributed by atoms with Gasteiger partial charge in [-0.2, -0.15) is 0 Å². The Kier molecular flexibility index (Phi) is 11.2. The molecule has 45 heavy (non-hydrogen) atoms. The molecule has 2 aromatic rings. The number of hydrogen-bond donors (Lipinski definition) is 2. The van der Waals surface area contributed by atoms with Gasteiger partial charge in [-0.3, -0.25) is 14.7 Å². The third kappa shape index (κ3) is 7.32. The number of amidine groups is 1. The van der Waals surface area contributed by atoms with Gasteiger partial charge in [0.05, 0.1) is 37.8 Å². The summed E-state index contributed by atoms with van der Waals surface area (Å²) in [7, 11) is 6.35. The average Bonchev–Trinajstić information content (AvgIpc) is 3.05. The zero-order valence-electron chi connectivity index (χ0n) is 26.7. The second-order valence-corrected chi connectivity index (χ2v) is 11.5. The molecule has 0 atom stereocenters.